The topological polar surface area (TPSA) is 77.8 Å². The molecule has 0 aromatic heterocycles. The number of aliphatic hydroxyl groups excluding tert-OH is 1. The largest absolute Gasteiger partial charge is 0.478 e. The molecule has 1 amide bonds. The third-order valence-corrected chi connectivity index (χ3v) is 4.36. The van der Waals surface area contributed by atoms with Crippen LogP contribution in [0.4, 0.5) is 0 Å². The van der Waals surface area contributed by atoms with Crippen molar-refractivity contribution in [2.24, 2.45) is 11.3 Å². The van der Waals surface area contributed by atoms with Gasteiger partial charge in [0.25, 0.3) is 5.91 Å². The average molecular weight is 305 g/mol. The number of carbonyl (C=O) groups excluding carboxylic acids is 1. The molecule has 1 aromatic rings. The van der Waals surface area contributed by atoms with Crippen LogP contribution in [0.15, 0.2) is 24.3 Å². The van der Waals surface area contributed by atoms with E-state index in [1.54, 1.807) is 4.90 Å². The van der Waals surface area contributed by atoms with Crippen LogP contribution < -0.4 is 0 Å². The zero-order valence-corrected chi connectivity index (χ0v) is 13.2. The predicted octanol–water partition coefficient (Wildman–Crippen LogP) is 2.25. The lowest BCUT2D eigenvalue weighted by atomic mass is 9.73. The van der Waals surface area contributed by atoms with Crippen LogP contribution in [0, 0.1) is 11.3 Å². The molecule has 0 radical (unpaired) electrons. The number of aliphatic hydroxyl groups is 1. The van der Waals surface area contributed by atoms with Gasteiger partial charge in [-0.05, 0) is 42.0 Å². The van der Waals surface area contributed by atoms with Crippen LogP contribution in [0.3, 0.4) is 0 Å². The fourth-order valence-electron chi connectivity index (χ4n) is 3.06. The molecule has 5 heteroatoms. The fraction of sp³-hybridized carbons (Fsp3) is 0.529. The molecule has 22 heavy (non-hydrogen) atoms. The molecule has 1 aliphatic heterocycles. The lowest BCUT2D eigenvalue weighted by Gasteiger charge is -2.42. The number of β-amino-alcohol motifs (C(OH)–C–C–N with tert-alkyl or cyclic N) is 1. The minimum atomic E-state index is -1.01. The van der Waals surface area contributed by atoms with Crippen molar-refractivity contribution < 1.29 is 19.8 Å². The maximum atomic E-state index is 12.5. The molecule has 1 fully saturated rings. The highest BCUT2D eigenvalue weighted by molar-refractivity contribution is 5.96. The first kappa shape index (κ1) is 16.5. The van der Waals surface area contributed by atoms with Gasteiger partial charge in [0.2, 0.25) is 0 Å². The molecular formula is C17H23NO4. The zero-order chi connectivity index (χ0) is 16.5. The van der Waals surface area contributed by atoms with Crippen molar-refractivity contribution in [2.75, 3.05) is 13.1 Å². The van der Waals surface area contributed by atoms with Crippen LogP contribution in [-0.4, -0.2) is 46.2 Å². The second-order valence-electron chi connectivity index (χ2n) is 6.96. The number of aromatic carboxylic acids is 1. The van der Waals surface area contributed by atoms with E-state index in [4.69, 9.17) is 5.11 Å². The highest BCUT2D eigenvalue weighted by atomic mass is 16.4. The van der Waals surface area contributed by atoms with Crippen molar-refractivity contribution in [2.45, 2.75) is 33.3 Å². The van der Waals surface area contributed by atoms with Gasteiger partial charge in [-0.3, -0.25) is 4.79 Å². The van der Waals surface area contributed by atoms with Crippen LogP contribution in [0.1, 0.15) is 47.9 Å². The minimum absolute atomic E-state index is 0.0116. The second kappa shape index (κ2) is 6.08. The van der Waals surface area contributed by atoms with Crippen molar-refractivity contribution in [3.05, 3.63) is 35.4 Å². The van der Waals surface area contributed by atoms with E-state index in [1.165, 1.54) is 24.3 Å². The van der Waals surface area contributed by atoms with Gasteiger partial charge in [-0.1, -0.05) is 20.8 Å². The van der Waals surface area contributed by atoms with E-state index in [0.29, 0.717) is 18.7 Å². The Morgan fingerprint density at radius 2 is 1.68 bits per heavy atom. The van der Waals surface area contributed by atoms with Gasteiger partial charge in [-0.2, -0.15) is 0 Å². The summed E-state index contributed by atoms with van der Waals surface area (Å²) in [4.78, 5) is 24.9. The smallest absolute Gasteiger partial charge is 0.335 e. The second-order valence-corrected chi connectivity index (χ2v) is 6.96. The SMILES string of the molecule is CC(C)(C)C1CCN(C(=O)c2ccc(C(=O)O)cc2)CC1O. The van der Waals surface area contributed by atoms with Crippen LogP contribution in [0.5, 0.6) is 0 Å². The molecule has 2 atom stereocenters. The standard InChI is InChI=1S/C17H23NO4/c1-17(2,3)13-8-9-18(10-14(13)19)15(20)11-4-6-12(7-5-11)16(21)22/h4-7,13-14,19H,8-10H2,1-3H3,(H,21,22). The van der Waals surface area contributed by atoms with Gasteiger partial charge in [0.05, 0.1) is 11.7 Å². The van der Waals surface area contributed by atoms with E-state index < -0.39 is 12.1 Å². The van der Waals surface area contributed by atoms with Crippen molar-refractivity contribution >= 4 is 11.9 Å². The molecule has 0 bridgehead atoms. The number of rotatable bonds is 2. The number of amides is 1. The Morgan fingerprint density at radius 3 is 2.14 bits per heavy atom. The Kier molecular flexibility index (Phi) is 4.56. The summed E-state index contributed by atoms with van der Waals surface area (Å²) in [5.41, 5.74) is 0.618. The molecule has 1 aliphatic rings. The monoisotopic (exact) mass is 305 g/mol. The summed E-state index contributed by atoms with van der Waals surface area (Å²) in [5.74, 6) is -1.00. The van der Waals surface area contributed by atoms with Crippen molar-refractivity contribution in [1.29, 1.82) is 0 Å². The van der Waals surface area contributed by atoms with Crippen molar-refractivity contribution in [3.8, 4) is 0 Å². The highest BCUT2D eigenvalue weighted by Gasteiger charge is 2.37. The van der Waals surface area contributed by atoms with Crippen molar-refractivity contribution in [1.82, 2.24) is 4.90 Å². The lowest BCUT2D eigenvalue weighted by molar-refractivity contribution is -0.0188. The number of piperidine rings is 1. The van der Waals surface area contributed by atoms with E-state index in [2.05, 4.69) is 20.8 Å². The van der Waals surface area contributed by atoms with Crippen LogP contribution in [0.25, 0.3) is 0 Å². The van der Waals surface area contributed by atoms with Crippen molar-refractivity contribution in [3.63, 3.8) is 0 Å². The summed E-state index contributed by atoms with van der Waals surface area (Å²) in [6.45, 7) is 7.23. The zero-order valence-electron chi connectivity index (χ0n) is 13.2. The summed E-state index contributed by atoms with van der Waals surface area (Å²) >= 11 is 0. The number of nitrogens with zero attached hydrogens (tertiary/aromatic N) is 1. The third kappa shape index (κ3) is 3.47. The van der Waals surface area contributed by atoms with E-state index in [1.807, 2.05) is 0 Å². The number of likely N-dealkylation sites (tertiary alicyclic amines) is 1. The van der Waals surface area contributed by atoms with E-state index >= 15 is 0 Å². The van der Waals surface area contributed by atoms with Gasteiger partial charge >= 0.3 is 5.97 Å². The van der Waals surface area contributed by atoms with E-state index in [-0.39, 0.29) is 22.8 Å². The number of carboxylic acids is 1. The molecule has 0 saturated carbocycles. The maximum absolute atomic E-state index is 12.5. The molecule has 2 rings (SSSR count). The van der Waals surface area contributed by atoms with E-state index in [9.17, 15) is 14.7 Å². The first-order valence-electron chi connectivity index (χ1n) is 7.51. The maximum Gasteiger partial charge on any atom is 0.335 e. The molecule has 0 aliphatic carbocycles. The van der Waals surface area contributed by atoms with Gasteiger partial charge < -0.3 is 15.1 Å². The summed E-state index contributed by atoms with van der Waals surface area (Å²) in [6.07, 6.45) is 0.236. The van der Waals surface area contributed by atoms with Crippen LogP contribution in [0.2, 0.25) is 0 Å². The molecule has 5 nitrogen and oxygen atoms in total. The molecular weight excluding hydrogens is 282 g/mol. The number of hydrogen-bond acceptors (Lipinski definition) is 3. The summed E-state index contributed by atoms with van der Waals surface area (Å²) in [5, 5.41) is 19.2. The Morgan fingerprint density at radius 1 is 1.14 bits per heavy atom. The summed E-state index contributed by atoms with van der Waals surface area (Å²) in [7, 11) is 0. The quantitative estimate of drug-likeness (QED) is 0.878. The van der Waals surface area contributed by atoms with Crippen LogP contribution in [-0.2, 0) is 0 Å². The minimum Gasteiger partial charge on any atom is -0.478 e. The molecule has 1 aromatic carbocycles. The summed E-state index contributed by atoms with van der Waals surface area (Å²) < 4.78 is 0. The first-order chi connectivity index (χ1) is 10.2. The molecule has 1 saturated heterocycles. The van der Waals surface area contributed by atoms with Crippen LogP contribution >= 0.6 is 0 Å². The molecule has 2 N–H and O–H groups in total. The van der Waals surface area contributed by atoms with Gasteiger partial charge in [0.15, 0.2) is 0 Å². The molecule has 1 heterocycles. The number of carboxylic acid groups (broad SMARTS) is 1. The Balaban J connectivity index is 2.07. The normalized spacial score (nSPS) is 22.5. The third-order valence-electron chi connectivity index (χ3n) is 4.36. The number of carbonyl (C=O) groups is 2. The Labute approximate surface area is 130 Å². The van der Waals surface area contributed by atoms with Gasteiger partial charge in [-0.25, -0.2) is 4.79 Å². The lowest BCUT2D eigenvalue weighted by Crippen LogP contribution is -2.50. The number of hydrogen-bond donors (Lipinski definition) is 2. The van der Waals surface area contributed by atoms with Gasteiger partial charge in [0.1, 0.15) is 0 Å². The Hall–Kier alpha value is -1.88. The van der Waals surface area contributed by atoms with Gasteiger partial charge in [0, 0.05) is 18.7 Å². The van der Waals surface area contributed by atoms with E-state index in [0.717, 1.165) is 6.42 Å². The Bertz CT molecular complexity index is 559. The number of benzene rings is 1. The predicted molar refractivity (Wildman–Crippen MR) is 82.9 cm³/mol. The van der Waals surface area contributed by atoms with Gasteiger partial charge in [-0.15, -0.1) is 0 Å². The molecule has 2 unspecified atom stereocenters. The highest BCUT2D eigenvalue weighted by Crippen LogP contribution is 2.34. The summed E-state index contributed by atoms with van der Waals surface area (Å²) in [6, 6.07) is 5.89. The fourth-order valence-corrected chi connectivity index (χ4v) is 3.06. The average Bonchev–Trinajstić information content (AvgIpc) is 2.45. The molecule has 120 valence electrons. The molecule has 0 spiro atoms. The first-order valence-corrected chi connectivity index (χ1v) is 7.51.